The predicted octanol–water partition coefficient (Wildman–Crippen LogP) is 1.66. The van der Waals surface area contributed by atoms with E-state index in [-0.39, 0.29) is 0 Å². The predicted molar refractivity (Wildman–Crippen MR) is 54.5 cm³/mol. The Labute approximate surface area is 78.6 Å². The molecule has 0 aliphatic carbocycles. The maximum absolute atomic E-state index is 5.45. The van der Waals surface area contributed by atoms with Crippen LogP contribution in [0.2, 0.25) is 0 Å². The number of unbranched alkanes of at least 4 members (excludes halogenated alkanes) is 2. The van der Waals surface area contributed by atoms with Crippen LogP contribution in [0.25, 0.3) is 0 Å². The fraction of sp³-hybridized carbons (Fsp3) is 0.556. The van der Waals surface area contributed by atoms with Gasteiger partial charge < -0.3 is 11.1 Å². The van der Waals surface area contributed by atoms with Crippen LogP contribution < -0.4 is 11.1 Å². The lowest BCUT2D eigenvalue weighted by Gasteiger charge is -2.02. The fourth-order valence-corrected chi connectivity index (χ4v) is 1.00. The Morgan fingerprint density at radius 1 is 1.31 bits per heavy atom. The van der Waals surface area contributed by atoms with Crippen LogP contribution in [0.4, 0.5) is 11.6 Å². The number of anilines is 2. The van der Waals surface area contributed by atoms with Crippen molar-refractivity contribution in [1.29, 1.82) is 0 Å². The van der Waals surface area contributed by atoms with Crippen LogP contribution in [0, 0.1) is 0 Å². The van der Waals surface area contributed by atoms with Crippen LogP contribution in [0.1, 0.15) is 26.2 Å². The minimum absolute atomic E-state index is 0.596. The van der Waals surface area contributed by atoms with Gasteiger partial charge in [-0.1, -0.05) is 19.8 Å². The second-order valence-electron chi connectivity index (χ2n) is 2.97. The molecule has 1 heterocycles. The van der Waals surface area contributed by atoms with E-state index in [9.17, 15) is 0 Å². The zero-order valence-electron chi connectivity index (χ0n) is 7.95. The van der Waals surface area contributed by atoms with Crippen molar-refractivity contribution in [2.45, 2.75) is 26.2 Å². The highest BCUT2D eigenvalue weighted by atomic mass is 15.1. The zero-order valence-corrected chi connectivity index (χ0v) is 7.95. The summed E-state index contributed by atoms with van der Waals surface area (Å²) in [4.78, 5) is 8.06. The number of aromatic nitrogens is 2. The van der Waals surface area contributed by atoms with Gasteiger partial charge in [0.25, 0.3) is 0 Å². The molecule has 0 unspecified atom stereocenters. The van der Waals surface area contributed by atoms with Crippen molar-refractivity contribution in [3.8, 4) is 0 Å². The van der Waals surface area contributed by atoms with Gasteiger partial charge in [-0.25, -0.2) is 9.97 Å². The van der Waals surface area contributed by atoms with Gasteiger partial charge in [-0.15, -0.1) is 0 Å². The molecule has 0 aromatic carbocycles. The lowest BCUT2D eigenvalue weighted by Crippen LogP contribution is -2.05. The van der Waals surface area contributed by atoms with Gasteiger partial charge in [0.1, 0.15) is 0 Å². The van der Waals surface area contributed by atoms with Crippen molar-refractivity contribution in [2.75, 3.05) is 17.6 Å². The van der Waals surface area contributed by atoms with Crippen LogP contribution in [-0.4, -0.2) is 16.5 Å². The Morgan fingerprint density at radius 3 is 2.62 bits per heavy atom. The van der Waals surface area contributed by atoms with Gasteiger partial charge in [-0.3, -0.25) is 0 Å². The van der Waals surface area contributed by atoms with E-state index >= 15 is 0 Å². The first-order chi connectivity index (χ1) is 6.33. The molecule has 0 fully saturated rings. The Balaban J connectivity index is 2.25. The number of nitrogens with two attached hydrogens (primary N) is 1. The normalized spacial score (nSPS) is 9.92. The summed E-state index contributed by atoms with van der Waals surface area (Å²) in [6, 6.07) is 0. The van der Waals surface area contributed by atoms with Crippen molar-refractivity contribution in [3.05, 3.63) is 12.4 Å². The highest BCUT2D eigenvalue weighted by Crippen LogP contribution is 2.01. The lowest BCUT2D eigenvalue weighted by atomic mass is 10.2. The Bertz CT molecular complexity index is 232. The van der Waals surface area contributed by atoms with E-state index in [4.69, 9.17) is 5.73 Å². The SMILES string of the molecule is CCCCCNc1ncc(N)cn1. The van der Waals surface area contributed by atoms with Gasteiger partial charge in [-0.2, -0.15) is 0 Å². The topological polar surface area (TPSA) is 63.8 Å². The summed E-state index contributed by atoms with van der Waals surface area (Å²) in [6.07, 6.45) is 6.83. The molecular weight excluding hydrogens is 164 g/mol. The summed E-state index contributed by atoms with van der Waals surface area (Å²) in [5, 5.41) is 3.13. The van der Waals surface area contributed by atoms with Crippen molar-refractivity contribution in [2.24, 2.45) is 0 Å². The maximum atomic E-state index is 5.45. The Morgan fingerprint density at radius 2 is 2.00 bits per heavy atom. The zero-order chi connectivity index (χ0) is 9.52. The van der Waals surface area contributed by atoms with E-state index in [2.05, 4.69) is 22.2 Å². The first-order valence-corrected chi connectivity index (χ1v) is 4.64. The maximum Gasteiger partial charge on any atom is 0.222 e. The van der Waals surface area contributed by atoms with Crippen molar-refractivity contribution < 1.29 is 0 Å². The molecule has 0 bridgehead atoms. The van der Waals surface area contributed by atoms with Gasteiger partial charge in [-0.05, 0) is 6.42 Å². The molecule has 0 spiro atoms. The third-order valence-electron chi connectivity index (χ3n) is 1.74. The highest BCUT2D eigenvalue weighted by molar-refractivity contribution is 5.35. The molecule has 0 aliphatic heterocycles. The summed E-state index contributed by atoms with van der Waals surface area (Å²) in [5.41, 5.74) is 6.05. The van der Waals surface area contributed by atoms with E-state index in [1.807, 2.05) is 0 Å². The van der Waals surface area contributed by atoms with E-state index in [1.54, 1.807) is 12.4 Å². The van der Waals surface area contributed by atoms with Gasteiger partial charge in [0.05, 0.1) is 18.1 Å². The average molecular weight is 180 g/mol. The standard InChI is InChI=1S/C9H16N4/c1-2-3-4-5-11-9-12-6-8(10)7-13-9/h6-7H,2-5,10H2,1H3,(H,11,12,13). The number of rotatable bonds is 5. The molecule has 4 nitrogen and oxygen atoms in total. The molecule has 0 saturated carbocycles. The quantitative estimate of drug-likeness (QED) is 0.676. The summed E-state index contributed by atoms with van der Waals surface area (Å²) in [5.74, 6) is 0.658. The lowest BCUT2D eigenvalue weighted by molar-refractivity contribution is 0.740. The van der Waals surface area contributed by atoms with Crippen molar-refractivity contribution in [3.63, 3.8) is 0 Å². The molecule has 0 saturated heterocycles. The number of nitrogens with zero attached hydrogens (tertiary/aromatic N) is 2. The highest BCUT2D eigenvalue weighted by Gasteiger charge is 1.93. The second-order valence-corrected chi connectivity index (χ2v) is 2.97. The van der Waals surface area contributed by atoms with E-state index < -0.39 is 0 Å². The second kappa shape index (κ2) is 5.35. The fourth-order valence-electron chi connectivity index (χ4n) is 1.00. The molecule has 4 heteroatoms. The van der Waals surface area contributed by atoms with Crippen LogP contribution >= 0.6 is 0 Å². The van der Waals surface area contributed by atoms with Crippen LogP contribution in [0.5, 0.6) is 0 Å². The molecular formula is C9H16N4. The third-order valence-corrected chi connectivity index (χ3v) is 1.74. The molecule has 0 aliphatic rings. The molecule has 0 amide bonds. The number of nitrogen functional groups attached to an aromatic ring is 1. The molecule has 0 atom stereocenters. The van der Waals surface area contributed by atoms with Gasteiger partial charge in [0.15, 0.2) is 0 Å². The molecule has 13 heavy (non-hydrogen) atoms. The molecule has 1 aromatic heterocycles. The largest absolute Gasteiger partial charge is 0.396 e. The minimum Gasteiger partial charge on any atom is -0.396 e. The van der Waals surface area contributed by atoms with Crippen molar-refractivity contribution >= 4 is 11.6 Å². The molecule has 3 N–H and O–H groups in total. The summed E-state index contributed by atoms with van der Waals surface area (Å²) >= 11 is 0. The average Bonchev–Trinajstić information content (AvgIpc) is 2.15. The van der Waals surface area contributed by atoms with E-state index in [0.29, 0.717) is 11.6 Å². The number of hydrogen-bond donors (Lipinski definition) is 2. The summed E-state index contributed by atoms with van der Waals surface area (Å²) in [6.45, 7) is 3.11. The smallest absolute Gasteiger partial charge is 0.222 e. The third kappa shape index (κ3) is 3.73. The Kier molecular flexibility index (Phi) is 4.02. The monoisotopic (exact) mass is 180 g/mol. The van der Waals surface area contributed by atoms with Gasteiger partial charge >= 0.3 is 0 Å². The van der Waals surface area contributed by atoms with Crippen LogP contribution in [0.15, 0.2) is 12.4 Å². The number of hydrogen-bond acceptors (Lipinski definition) is 4. The Hall–Kier alpha value is -1.32. The molecule has 0 radical (unpaired) electrons. The summed E-state index contributed by atoms with van der Waals surface area (Å²) in [7, 11) is 0. The van der Waals surface area contributed by atoms with Gasteiger partial charge in [0, 0.05) is 6.54 Å². The molecule has 72 valence electrons. The number of nitrogens with one attached hydrogen (secondary N) is 1. The van der Waals surface area contributed by atoms with Crippen LogP contribution in [0.3, 0.4) is 0 Å². The van der Waals surface area contributed by atoms with Crippen molar-refractivity contribution in [1.82, 2.24) is 9.97 Å². The molecule has 1 aromatic rings. The first-order valence-electron chi connectivity index (χ1n) is 4.64. The molecule has 1 rings (SSSR count). The van der Waals surface area contributed by atoms with Gasteiger partial charge in [0.2, 0.25) is 5.95 Å². The minimum atomic E-state index is 0.596. The summed E-state index contributed by atoms with van der Waals surface area (Å²) < 4.78 is 0. The first kappa shape index (κ1) is 9.77. The van der Waals surface area contributed by atoms with E-state index in [0.717, 1.165) is 13.0 Å². The van der Waals surface area contributed by atoms with Crippen LogP contribution in [-0.2, 0) is 0 Å². The van der Waals surface area contributed by atoms with E-state index in [1.165, 1.54) is 12.8 Å².